The van der Waals surface area contributed by atoms with Gasteiger partial charge in [0.15, 0.2) is 0 Å². The van der Waals surface area contributed by atoms with Gasteiger partial charge in [0.25, 0.3) is 5.91 Å². The van der Waals surface area contributed by atoms with Crippen molar-refractivity contribution in [1.29, 1.82) is 0 Å². The molecule has 2 unspecified atom stereocenters. The average Bonchev–Trinajstić information content (AvgIpc) is 2.82. The number of likely N-dealkylation sites (N-methyl/N-ethyl adjacent to an activating group) is 1. The third-order valence-electron chi connectivity index (χ3n) is 5.58. The lowest BCUT2D eigenvalue weighted by molar-refractivity contribution is -0.139. The second-order valence-electron chi connectivity index (χ2n) is 9.85. The van der Waals surface area contributed by atoms with Crippen molar-refractivity contribution in [2.24, 2.45) is 5.73 Å². The van der Waals surface area contributed by atoms with Crippen molar-refractivity contribution in [3.8, 4) is 0 Å². The summed E-state index contributed by atoms with van der Waals surface area (Å²) in [5, 5.41) is 5.70. The quantitative estimate of drug-likeness (QED) is 0.404. The Balaban J connectivity index is 2.47. The lowest BCUT2D eigenvalue weighted by Crippen LogP contribution is -2.51. The third-order valence-corrected chi connectivity index (χ3v) is 5.90. The van der Waals surface area contributed by atoms with E-state index < -0.39 is 41.5 Å². The molecule has 0 heterocycles. The van der Waals surface area contributed by atoms with Crippen LogP contribution in [0.3, 0.4) is 0 Å². The number of nitrogens with one attached hydrogen (secondary N) is 2. The van der Waals surface area contributed by atoms with Crippen LogP contribution in [0.25, 0.3) is 6.08 Å². The maximum atomic E-state index is 13.7. The van der Waals surface area contributed by atoms with Crippen LogP contribution in [-0.2, 0) is 19.1 Å². The number of carbonyl (C=O) groups excluding carboxylic acids is 4. The molecular formula is C28H35ClN4O5. The van der Waals surface area contributed by atoms with E-state index in [1.165, 1.54) is 11.9 Å². The van der Waals surface area contributed by atoms with E-state index in [2.05, 4.69) is 17.2 Å². The number of ether oxygens (including phenoxy) is 1. The number of anilines is 1. The fraction of sp³-hybridized carbons (Fsp3) is 0.357. The largest absolute Gasteiger partial charge is 0.444 e. The summed E-state index contributed by atoms with van der Waals surface area (Å²) in [7, 11) is 1.45. The molecule has 0 spiro atoms. The molecule has 4 amide bonds. The highest BCUT2D eigenvalue weighted by atomic mass is 35.5. The van der Waals surface area contributed by atoms with Gasteiger partial charge in [0, 0.05) is 13.5 Å². The molecular weight excluding hydrogens is 508 g/mol. The summed E-state index contributed by atoms with van der Waals surface area (Å²) in [6.45, 7) is 10.6. The molecule has 0 saturated heterocycles. The van der Waals surface area contributed by atoms with Crippen LogP contribution in [0, 0.1) is 6.92 Å². The van der Waals surface area contributed by atoms with Crippen molar-refractivity contribution in [2.45, 2.75) is 58.2 Å². The Morgan fingerprint density at radius 3 is 2.39 bits per heavy atom. The number of primary amides is 1. The number of rotatable bonds is 10. The van der Waals surface area contributed by atoms with Crippen LogP contribution in [0.2, 0.25) is 5.02 Å². The molecule has 2 aromatic carbocycles. The van der Waals surface area contributed by atoms with Gasteiger partial charge < -0.3 is 26.0 Å². The highest BCUT2D eigenvalue weighted by Crippen LogP contribution is 2.29. The number of hydrogen-bond acceptors (Lipinski definition) is 5. The zero-order valence-corrected chi connectivity index (χ0v) is 23.1. The van der Waals surface area contributed by atoms with Crippen LogP contribution in [0.15, 0.2) is 49.0 Å². The number of carbonyl (C=O) groups is 4. The van der Waals surface area contributed by atoms with Gasteiger partial charge in [-0.1, -0.05) is 54.6 Å². The van der Waals surface area contributed by atoms with Crippen LogP contribution in [0.1, 0.15) is 56.3 Å². The summed E-state index contributed by atoms with van der Waals surface area (Å²) in [6, 6.07) is 9.92. The molecule has 0 aliphatic carbocycles. The van der Waals surface area contributed by atoms with Crippen LogP contribution in [0.5, 0.6) is 0 Å². The summed E-state index contributed by atoms with van der Waals surface area (Å²) < 4.78 is 5.29. The monoisotopic (exact) mass is 542 g/mol. The van der Waals surface area contributed by atoms with Crippen molar-refractivity contribution < 1.29 is 23.9 Å². The van der Waals surface area contributed by atoms with Crippen LogP contribution in [0.4, 0.5) is 10.5 Å². The zero-order chi connectivity index (χ0) is 28.6. The van der Waals surface area contributed by atoms with Gasteiger partial charge >= 0.3 is 6.09 Å². The maximum Gasteiger partial charge on any atom is 0.408 e. The lowest BCUT2D eigenvalue weighted by Gasteiger charge is -2.32. The predicted molar refractivity (Wildman–Crippen MR) is 148 cm³/mol. The molecule has 0 radical (unpaired) electrons. The first-order valence-electron chi connectivity index (χ1n) is 12.1. The van der Waals surface area contributed by atoms with Crippen molar-refractivity contribution >= 4 is 47.2 Å². The Hall–Kier alpha value is -3.85. The summed E-state index contributed by atoms with van der Waals surface area (Å²) in [4.78, 5) is 52.6. The van der Waals surface area contributed by atoms with Gasteiger partial charge in [0.2, 0.25) is 11.8 Å². The van der Waals surface area contributed by atoms with Gasteiger partial charge in [-0.05, 0) is 62.9 Å². The SMILES string of the molecule is C=Cc1cccc(C(C(=O)Nc2c(C)cccc2Cl)N(C)C(=O)C(CCC(N)=O)NC(=O)OC(C)(C)C)c1. The fourth-order valence-electron chi connectivity index (χ4n) is 3.76. The Morgan fingerprint density at radius 2 is 1.82 bits per heavy atom. The molecule has 0 aliphatic heterocycles. The van der Waals surface area contributed by atoms with Crippen LogP contribution in [-0.4, -0.2) is 47.4 Å². The minimum atomic E-state index is -1.18. The van der Waals surface area contributed by atoms with E-state index in [1.807, 2.05) is 6.07 Å². The van der Waals surface area contributed by atoms with Gasteiger partial charge in [0.05, 0.1) is 10.7 Å². The van der Waals surface area contributed by atoms with E-state index >= 15 is 0 Å². The Bertz CT molecular complexity index is 1190. The van der Waals surface area contributed by atoms with Gasteiger partial charge in [-0.25, -0.2) is 4.79 Å². The number of amides is 4. The first-order valence-corrected chi connectivity index (χ1v) is 12.4. The fourth-order valence-corrected chi connectivity index (χ4v) is 4.02. The summed E-state index contributed by atoms with van der Waals surface area (Å²) in [5.41, 5.74) is 6.90. The summed E-state index contributed by atoms with van der Waals surface area (Å²) in [6.07, 6.45) is 0.539. The first-order chi connectivity index (χ1) is 17.7. The van der Waals surface area contributed by atoms with E-state index in [1.54, 1.807) is 70.2 Å². The number of nitrogens with two attached hydrogens (primary N) is 1. The second kappa shape index (κ2) is 13.1. The van der Waals surface area contributed by atoms with Gasteiger partial charge in [0.1, 0.15) is 17.7 Å². The number of alkyl carbamates (subject to hydrolysis) is 1. The number of hydrogen-bond donors (Lipinski definition) is 3. The zero-order valence-electron chi connectivity index (χ0n) is 22.3. The average molecular weight is 543 g/mol. The molecule has 2 aromatic rings. The van der Waals surface area contributed by atoms with Gasteiger partial charge in [-0.3, -0.25) is 14.4 Å². The molecule has 0 aromatic heterocycles. The maximum absolute atomic E-state index is 13.7. The van der Waals surface area contributed by atoms with Crippen molar-refractivity contribution in [3.05, 3.63) is 70.8 Å². The first kappa shape index (κ1) is 30.4. The highest BCUT2D eigenvalue weighted by molar-refractivity contribution is 6.34. The van der Waals surface area contributed by atoms with Crippen molar-refractivity contribution in [2.75, 3.05) is 12.4 Å². The minimum Gasteiger partial charge on any atom is -0.444 e. The number of aryl methyl sites for hydroxylation is 1. The van der Waals surface area contributed by atoms with Gasteiger partial charge in [-0.15, -0.1) is 0 Å². The molecule has 9 nitrogen and oxygen atoms in total. The van der Waals surface area contributed by atoms with Gasteiger partial charge in [-0.2, -0.15) is 0 Å². The number of para-hydroxylation sites is 1. The molecule has 38 heavy (non-hydrogen) atoms. The Kier molecular flexibility index (Phi) is 10.5. The number of benzene rings is 2. The summed E-state index contributed by atoms with van der Waals surface area (Å²) >= 11 is 6.33. The minimum absolute atomic E-state index is 0.0809. The van der Waals surface area contributed by atoms with E-state index in [4.69, 9.17) is 22.1 Å². The third kappa shape index (κ3) is 8.62. The predicted octanol–water partition coefficient (Wildman–Crippen LogP) is 4.59. The molecule has 10 heteroatoms. The normalized spacial score (nSPS) is 12.6. The molecule has 4 N–H and O–H groups in total. The molecule has 0 bridgehead atoms. The second-order valence-corrected chi connectivity index (χ2v) is 10.3. The standard InChI is InChI=1S/C28H35ClN4O5/c1-7-18-11-9-12-19(16-18)24(25(35)32-23-17(2)10-8-13-20(23)29)33(6)26(36)21(14-15-22(30)34)31-27(37)38-28(3,4)5/h7-13,16,21,24H,1,14-15H2,2-6H3,(H2,30,34)(H,31,37)(H,32,35). The highest BCUT2D eigenvalue weighted by Gasteiger charge is 2.34. The van der Waals surface area contributed by atoms with E-state index in [0.29, 0.717) is 16.3 Å². The smallest absolute Gasteiger partial charge is 0.408 e. The van der Waals surface area contributed by atoms with Crippen LogP contribution >= 0.6 is 11.6 Å². The topological polar surface area (TPSA) is 131 Å². The van der Waals surface area contributed by atoms with Crippen molar-refractivity contribution in [3.63, 3.8) is 0 Å². The number of halogens is 1. The molecule has 0 fully saturated rings. The lowest BCUT2D eigenvalue weighted by atomic mass is 10.00. The molecule has 204 valence electrons. The Labute approximate surface area is 228 Å². The molecule has 0 saturated carbocycles. The molecule has 2 rings (SSSR count). The van der Waals surface area contributed by atoms with E-state index in [9.17, 15) is 19.2 Å². The van der Waals surface area contributed by atoms with Crippen molar-refractivity contribution in [1.82, 2.24) is 10.2 Å². The molecule has 2 atom stereocenters. The van der Waals surface area contributed by atoms with E-state index in [0.717, 1.165) is 11.1 Å². The Morgan fingerprint density at radius 1 is 1.16 bits per heavy atom. The van der Waals surface area contributed by atoms with Crippen LogP contribution < -0.4 is 16.4 Å². The van der Waals surface area contributed by atoms with E-state index in [-0.39, 0.29) is 12.8 Å². The summed E-state index contributed by atoms with van der Waals surface area (Å²) in [5.74, 6) is -1.78. The molecule has 0 aliphatic rings. The number of nitrogens with zero attached hydrogens (tertiary/aromatic N) is 1.